The fourth-order valence-corrected chi connectivity index (χ4v) is 3.86. The van der Waals surface area contributed by atoms with E-state index in [0.717, 1.165) is 23.4 Å². The first-order valence-electron chi connectivity index (χ1n) is 10.0. The van der Waals surface area contributed by atoms with Gasteiger partial charge in [-0.3, -0.25) is 4.79 Å². The van der Waals surface area contributed by atoms with Crippen molar-refractivity contribution in [1.82, 2.24) is 9.97 Å². The van der Waals surface area contributed by atoms with E-state index in [0.29, 0.717) is 11.3 Å². The standard InChI is InChI=1S/C24H24F3N3OS/c1-15(21(31)28-18-13-9-8-12-17(18)23(2,3)4)32-22-29-19(16-10-6-5-7-11-16)14-20(30-22)24(25,26)27/h5-15H,1-4H3,(H,28,31)/t15-/m1/s1. The molecular formula is C24H24F3N3OS. The summed E-state index contributed by atoms with van der Waals surface area (Å²) in [6, 6.07) is 17.0. The number of para-hydroxylation sites is 1. The van der Waals surface area contributed by atoms with Crippen molar-refractivity contribution in [2.24, 2.45) is 0 Å². The van der Waals surface area contributed by atoms with Gasteiger partial charge >= 0.3 is 6.18 Å². The Bertz CT molecular complexity index is 1100. The molecule has 168 valence electrons. The van der Waals surface area contributed by atoms with E-state index in [2.05, 4.69) is 15.3 Å². The van der Waals surface area contributed by atoms with E-state index < -0.39 is 17.1 Å². The zero-order chi connectivity index (χ0) is 23.5. The Morgan fingerprint density at radius 2 is 1.59 bits per heavy atom. The lowest BCUT2D eigenvalue weighted by atomic mass is 9.86. The van der Waals surface area contributed by atoms with Crippen LogP contribution in [0.25, 0.3) is 11.3 Å². The molecular weight excluding hydrogens is 435 g/mol. The summed E-state index contributed by atoms with van der Waals surface area (Å²) >= 11 is 0.889. The van der Waals surface area contributed by atoms with E-state index in [-0.39, 0.29) is 22.2 Å². The molecule has 0 aliphatic heterocycles. The van der Waals surface area contributed by atoms with Gasteiger partial charge in [0, 0.05) is 11.3 Å². The number of hydrogen-bond donors (Lipinski definition) is 1. The van der Waals surface area contributed by atoms with Gasteiger partial charge in [0.15, 0.2) is 5.16 Å². The van der Waals surface area contributed by atoms with Crippen LogP contribution >= 0.6 is 11.8 Å². The summed E-state index contributed by atoms with van der Waals surface area (Å²) in [5, 5.41) is 2.07. The number of rotatable bonds is 5. The zero-order valence-electron chi connectivity index (χ0n) is 18.2. The topological polar surface area (TPSA) is 54.9 Å². The van der Waals surface area contributed by atoms with Crippen LogP contribution in [0.4, 0.5) is 18.9 Å². The molecule has 1 heterocycles. The normalized spacial score (nSPS) is 13.0. The molecule has 8 heteroatoms. The van der Waals surface area contributed by atoms with Crippen molar-refractivity contribution in [2.45, 2.75) is 49.7 Å². The van der Waals surface area contributed by atoms with Gasteiger partial charge in [-0.2, -0.15) is 13.2 Å². The molecule has 0 unspecified atom stereocenters. The molecule has 0 bridgehead atoms. The van der Waals surface area contributed by atoms with E-state index >= 15 is 0 Å². The highest BCUT2D eigenvalue weighted by Crippen LogP contribution is 2.34. The van der Waals surface area contributed by atoms with Crippen LogP contribution in [0.1, 0.15) is 39.0 Å². The minimum atomic E-state index is -4.63. The van der Waals surface area contributed by atoms with Crippen LogP contribution < -0.4 is 5.32 Å². The number of alkyl halides is 3. The number of carbonyl (C=O) groups excluding carboxylic acids is 1. The summed E-state index contributed by atoms with van der Waals surface area (Å²) in [5.41, 5.74) is 1.10. The summed E-state index contributed by atoms with van der Waals surface area (Å²) in [5.74, 6) is -0.339. The summed E-state index contributed by atoms with van der Waals surface area (Å²) in [7, 11) is 0. The number of benzene rings is 2. The minimum Gasteiger partial charge on any atom is -0.325 e. The molecule has 0 spiro atoms. The van der Waals surface area contributed by atoms with Crippen molar-refractivity contribution in [3.8, 4) is 11.3 Å². The molecule has 3 aromatic rings. The number of halogens is 3. The number of nitrogens with zero attached hydrogens (tertiary/aromatic N) is 2. The highest BCUT2D eigenvalue weighted by atomic mass is 32.2. The maximum absolute atomic E-state index is 13.4. The second-order valence-electron chi connectivity index (χ2n) is 8.33. The van der Waals surface area contributed by atoms with Crippen LogP contribution in [0.5, 0.6) is 0 Å². The summed E-state index contributed by atoms with van der Waals surface area (Å²) in [4.78, 5) is 20.8. The van der Waals surface area contributed by atoms with Crippen molar-refractivity contribution >= 4 is 23.4 Å². The van der Waals surface area contributed by atoms with E-state index in [9.17, 15) is 18.0 Å². The number of amides is 1. The molecule has 0 aliphatic rings. The molecule has 0 fully saturated rings. The Morgan fingerprint density at radius 3 is 2.22 bits per heavy atom. The quantitative estimate of drug-likeness (QED) is 0.346. The Labute approximate surface area is 189 Å². The van der Waals surface area contributed by atoms with Gasteiger partial charge in [-0.15, -0.1) is 0 Å². The van der Waals surface area contributed by atoms with Crippen LogP contribution in [0.15, 0.2) is 65.8 Å². The third-order valence-electron chi connectivity index (χ3n) is 4.71. The maximum Gasteiger partial charge on any atom is 0.433 e. The predicted octanol–water partition coefficient (Wildman–Crippen LogP) is 6.58. The molecule has 1 amide bonds. The number of carbonyl (C=O) groups is 1. The molecule has 3 rings (SSSR count). The van der Waals surface area contributed by atoms with E-state index in [1.807, 2.05) is 45.0 Å². The summed E-state index contributed by atoms with van der Waals surface area (Å²) in [6.07, 6.45) is -4.63. The lowest BCUT2D eigenvalue weighted by molar-refractivity contribution is -0.141. The molecule has 4 nitrogen and oxygen atoms in total. The largest absolute Gasteiger partial charge is 0.433 e. The van der Waals surface area contributed by atoms with Crippen molar-refractivity contribution in [2.75, 3.05) is 5.32 Å². The minimum absolute atomic E-state index is 0.106. The van der Waals surface area contributed by atoms with Crippen LogP contribution in [0.3, 0.4) is 0 Å². The Hall–Kier alpha value is -2.87. The third-order valence-corrected chi connectivity index (χ3v) is 5.67. The molecule has 0 saturated heterocycles. The monoisotopic (exact) mass is 459 g/mol. The van der Waals surface area contributed by atoms with Gasteiger partial charge in [0.25, 0.3) is 0 Å². The number of nitrogens with one attached hydrogen (secondary N) is 1. The highest BCUT2D eigenvalue weighted by Gasteiger charge is 2.34. The van der Waals surface area contributed by atoms with Crippen molar-refractivity contribution in [3.05, 3.63) is 71.9 Å². The van der Waals surface area contributed by atoms with Gasteiger partial charge in [0.2, 0.25) is 5.91 Å². The molecule has 0 saturated carbocycles. The predicted molar refractivity (Wildman–Crippen MR) is 122 cm³/mol. The van der Waals surface area contributed by atoms with Crippen LogP contribution in [-0.4, -0.2) is 21.1 Å². The number of aromatic nitrogens is 2. The van der Waals surface area contributed by atoms with Gasteiger partial charge < -0.3 is 5.32 Å². The van der Waals surface area contributed by atoms with Crippen LogP contribution in [0.2, 0.25) is 0 Å². The molecule has 1 N–H and O–H groups in total. The van der Waals surface area contributed by atoms with Crippen molar-refractivity contribution < 1.29 is 18.0 Å². The number of thioether (sulfide) groups is 1. The lowest BCUT2D eigenvalue weighted by Gasteiger charge is -2.23. The maximum atomic E-state index is 13.4. The van der Waals surface area contributed by atoms with E-state index in [1.54, 1.807) is 37.3 Å². The Balaban J connectivity index is 1.86. The summed E-state index contributed by atoms with van der Waals surface area (Å²) < 4.78 is 40.3. The van der Waals surface area contributed by atoms with Crippen LogP contribution in [-0.2, 0) is 16.4 Å². The SMILES string of the molecule is C[C@@H](Sc1nc(-c2ccccc2)cc(C(F)(F)F)n1)C(=O)Nc1ccccc1C(C)(C)C. The molecule has 1 aromatic heterocycles. The van der Waals surface area contributed by atoms with Crippen molar-refractivity contribution in [3.63, 3.8) is 0 Å². The fraction of sp³-hybridized carbons (Fsp3) is 0.292. The number of hydrogen-bond acceptors (Lipinski definition) is 4. The smallest absolute Gasteiger partial charge is 0.325 e. The van der Waals surface area contributed by atoms with Gasteiger partial charge in [-0.25, -0.2) is 9.97 Å². The fourth-order valence-electron chi connectivity index (χ4n) is 3.07. The first-order chi connectivity index (χ1) is 14.9. The second-order valence-corrected chi connectivity index (χ2v) is 9.64. The number of anilines is 1. The van der Waals surface area contributed by atoms with Crippen molar-refractivity contribution in [1.29, 1.82) is 0 Å². The Morgan fingerprint density at radius 1 is 0.969 bits per heavy atom. The van der Waals surface area contributed by atoms with Gasteiger partial charge in [0.1, 0.15) is 5.69 Å². The molecule has 0 aliphatic carbocycles. The molecule has 2 aromatic carbocycles. The zero-order valence-corrected chi connectivity index (χ0v) is 19.0. The molecule has 0 radical (unpaired) electrons. The second kappa shape index (κ2) is 9.32. The third kappa shape index (κ3) is 5.88. The first kappa shape index (κ1) is 23.8. The molecule has 32 heavy (non-hydrogen) atoms. The van der Waals surface area contributed by atoms with Crippen LogP contribution in [0, 0.1) is 0 Å². The molecule has 1 atom stereocenters. The lowest BCUT2D eigenvalue weighted by Crippen LogP contribution is -2.25. The summed E-state index contributed by atoms with van der Waals surface area (Å²) in [6.45, 7) is 7.73. The highest BCUT2D eigenvalue weighted by molar-refractivity contribution is 8.00. The van der Waals surface area contributed by atoms with Gasteiger partial charge in [-0.05, 0) is 30.0 Å². The average Bonchev–Trinajstić information content (AvgIpc) is 2.73. The van der Waals surface area contributed by atoms with Gasteiger partial charge in [-0.1, -0.05) is 81.1 Å². The first-order valence-corrected chi connectivity index (χ1v) is 10.9. The van der Waals surface area contributed by atoms with E-state index in [1.165, 1.54) is 0 Å². The van der Waals surface area contributed by atoms with Gasteiger partial charge in [0.05, 0.1) is 10.9 Å². The average molecular weight is 460 g/mol. The van der Waals surface area contributed by atoms with E-state index in [4.69, 9.17) is 0 Å². The Kier molecular flexibility index (Phi) is 6.93.